The summed E-state index contributed by atoms with van der Waals surface area (Å²) in [5, 5.41) is 8.13. The Morgan fingerprint density at radius 1 is 1.22 bits per heavy atom. The van der Waals surface area contributed by atoms with Crippen molar-refractivity contribution in [2.45, 2.75) is 5.25 Å². The van der Waals surface area contributed by atoms with Crippen molar-refractivity contribution in [3.63, 3.8) is 0 Å². The molecule has 0 bridgehead atoms. The van der Waals surface area contributed by atoms with Crippen molar-refractivity contribution in [1.29, 1.82) is 0 Å². The van der Waals surface area contributed by atoms with Crippen LogP contribution in [0.15, 0.2) is 67.6 Å². The van der Waals surface area contributed by atoms with E-state index in [4.69, 9.17) is 5.73 Å². The summed E-state index contributed by atoms with van der Waals surface area (Å²) in [6, 6.07) is 9.96. The normalized spacial score (nSPS) is 12.4. The highest BCUT2D eigenvalue weighted by molar-refractivity contribution is 7.90. The van der Waals surface area contributed by atoms with Gasteiger partial charge in [0.15, 0.2) is 0 Å². The molecule has 0 aliphatic rings. The third-order valence-electron chi connectivity index (χ3n) is 3.93. The summed E-state index contributed by atoms with van der Waals surface area (Å²) in [6.45, 7) is 3.60. The van der Waals surface area contributed by atoms with Crippen LogP contribution in [0.1, 0.15) is 21.2 Å². The van der Waals surface area contributed by atoms with Crippen molar-refractivity contribution in [3.8, 4) is 11.3 Å². The van der Waals surface area contributed by atoms with Gasteiger partial charge < -0.3 is 10.8 Å². The number of nitrogen functional groups attached to an aromatic ring is 1. The number of carboxylic acid groups (broad SMARTS) is 1. The van der Waals surface area contributed by atoms with Crippen molar-refractivity contribution in [2.75, 3.05) is 5.73 Å². The van der Waals surface area contributed by atoms with Crippen molar-refractivity contribution >= 4 is 21.9 Å². The molecule has 0 fully saturated rings. The standard InChI is InChI=1S/C18H16N4O4S/c1-2-16(14-9-20-18(19)21-10-14)27(25,26)22-11-13(17(23)24)8-15(22)12-6-4-3-5-7-12/h2-11,16H,1H2,(H,23,24)(H2,19,20,21). The first-order valence-corrected chi connectivity index (χ1v) is 9.30. The lowest BCUT2D eigenvalue weighted by Gasteiger charge is -2.17. The number of hydrogen-bond acceptors (Lipinski definition) is 6. The van der Waals surface area contributed by atoms with E-state index in [2.05, 4.69) is 16.5 Å². The van der Waals surface area contributed by atoms with Crippen LogP contribution in [0.4, 0.5) is 5.95 Å². The van der Waals surface area contributed by atoms with Crippen molar-refractivity contribution < 1.29 is 18.3 Å². The van der Waals surface area contributed by atoms with E-state index < -0.39 is 21.2 Å². The van der Waals surface area contributed by atoms with Crippen LogP contribution in [-0.2, 0) is 10.0 Å². The Labute approximate surface area is 155 Å². The van der Waals surface area contributed by atoms with E-state index in [0.29, 0.717) is 5.56 Å². The minimum atomic E-state index is -4.09. The average Bonchev–Trinajstić information content (AvgIpc) is 3.11. The van der Waals surface area contributed by atoms with Gasteiger partial charge in [0, 0.05) is 24.2 Å². The number of hydrogen-bond donors (Lipinski definition) is 2. The SMILES string of the molecule is C=CC(c1cnc(N)nc1)S(=O)(=O)n1cc(C(=O)O)cc1-c1ccccc1. The molecule has 3 rings (SSSR count). The van der Waals surface area contributed by atoms with E-state index in [1.165, 1.54) is 24.5 Å². The quantitative estimate of drug-likeness (QED) is 0.624. The van der Waals surface area contributed by atoms with Gasteiger partial charge in [-0.1, -0.05) is 36.4 Å². The van der Waals surface area contributed by atoms with Gasteiger partial charge in [-0.15, -0.1) is 6.58 Å². The van der Waals surface area contributed by atoms with Gasteiger partial charge in [-0.25, -0.2) is 27.2 Å². The van der Waals surface area contributed by atoms with Gasteiger partial charge in [-0.05, 0) is 11.6 Å². The molecule has 0 spiro atoms. The molecule has 1 unspecified atom stereocenters. The molecular weight excluding hydrogens is 368 g/mol. The number of benzene rings is 1. The maximum atomic E-state index is 13.3. The molecule has 2 aromatic heterocycles. The van der Waals surface area contributed by atoms with Crippen molar-refractivity contribution in [1.82, 2.24) is 13.9 Å². The number of carbonyl (C=O) groups is 1. The highest BCUT2D eigenvalue weighted by Crippen LogP contribution is 2.31. The molecule has 138 valence electrons. The fraction of sp³-hybridized carbons (Fsp3) is 0.0556. The van der Waals surface area contributed by atoms with Gasteiger partial charge in [0.1, 0.15) is 5.25 Å². The fourth-order valence-electron chi connectivity index (χ4n) is 2.64. The molecule has 1 aromatic carbocycles. The molecule has 8 nitrogen and oxygen atoms in total. The lowest BCUT2D eigenvalue weighted by molar-refractivity contribution is 0.0697. The monoisotopic (exact) mass is 384 g/mol. The smallest absolute Gasteiger partial charge is 0.337 e. The third kappa shape index (κ3) is 3.44. The molecule has 3 N–H and O–H groups in total. The highest BCUT2D eigenvalue weighted by Gasteiger charge is 2.30. The average molecular weight is 384 g/mol. The van der Waals surface area contributed by atoms with Gasteiger partial charge >= 0.3 is 5.97 Å². The molecule has 9 heteroatoms. The minimum Gasteiger partial charge on any atom is -0.478 e. The summed E-state index contributed by atoms with van der Waals surface area (Å²) < 4.78 is 27.5. The van der Waals surface area contributed by atoms with Crippen LogP contribution in [0, 0.1) is 0 Å². The number of nitrogens with two attached hydrogens (primary N) is 1. The molecule has 0 saturated carbocycles. The second-order valence-electron chi connectivity index (χ2n) is 5.66. The number of aromatic carboxylic acids is 1. The zero-order valence-electron chi connectivity index (χ0n) is 14.1. The molecule has 0 radical (unpaired) electrons. The van der Waals surface area contributed by atoms with E-state index in [1.54, 1.807) is 30.3 Å². The van der Waals surface area contributed by atoms with Gasteiger partial charge in [0.05, 0.1) is 11.3 Å². The number of carboxylic acids is 1. The maximum Gasteiger partial charge on any atom is 0.337 e. The molecule has 1 atom stereocenters. The van der Waals surface area contributed by atoms with Gasteiger partial charge in [0.25, 0.3) is 0 Å². The lowest BCUT2D eigenvalue weighted by Crippen LogP contribution is -2.20. The number of rotatable bonds is 6. The third-order valence-corrected chi connectivity index (χ3v) is 5.89. The van der Waals surface area contributed by atoms with Crippen LogP contribution in [-0.4, -0.2) is 33.4 Å². The van der Waals surface area contributed by atoms with Gasteiger partial charge in [-0.2, -0.15) is 0 Å². The Morgan fingerprint density at radius 2 is 1.85 bits per heavy atom. The molecule has 0 aliphatic carbocycles. The summed E-state index contributed by atoms with van der Waals surface area (Å²) >= 11 is 0. The van der Waals surface area contributed by atoms with Crippen LogP contribution >= 0.6 is 0 Å². The topological polar surface area (TPSA) is 128 Å². The summed E-state index contributed by atoms with van der Waals surface area (Å²) in [5.74, 6) is -1.22. The Balaban J connectivity index is 2.19. The van der Waals surface area contributed by atoms with E-state index in [1.807, 2.05) is 0 Å². The largest absolute Gasteiger partial charge is 0.478 e. The van der Waals surface area contributed by atoms with Crippen LogP contribution in [0.25, 0.3) is 11.3 Å². The van der Waals surface area contributed by atoms with E-state index in [-0.39, 0.29) is 22.8 Å². The number of aromatic nitrogens is 3. The molecule has 0 saturated heterocycles. The first-order chi connectivity index (χ1) is 12.8. The molecular formula is C18H16N4O4S. The van der Waals surface area contributed by atoms with E-state index in [9.17, 15) is 18.3 Å². The second-order valence-corrected chi connectivity index (χ2v) is 7.59. The number of anilines is 1. The Hall–Kier alpha value is -3.46. The molecule has 27 heavy (non-hydrogen) atoms. The predicted molar refractivity (Wildman–Crippen MR) is 101 cm³/mol. The predicted octanol–water partition coefficient (Wildman–Crippen LogP) is 2.33. The van der Waals surface area contributed by atoms with E-state index >= 15 is 0 Å². The van der Waals surface area contributed by atoms with Crippen LogP contribution in [0.5, 0.6) is 0 Å². The summed E-state index contributed by atoms with van der Waals surface area (Å²) in [6.07, 6.45) is 4.92. The molecule has 0 aliphatic heterocycles. The fourth-order valence-corrected chi connectivity index (χ4v) is 4.28. The van der Waals surface area contributed by atoms with Crippen molar-refractivity contribution in [2.24, 2.45) is 0 Å². The molecule has 0 amide bonds. The second kappa shape index (κ2) is 7.04. The first kappa shape index (κ1) is 18.3. The maximum absolute atomic E-state index is 13.3. The van der Waals surface area contributed by atoms with Crippen LogP contribution in [0.2, 0.25) is 0 Å². The summed E-state index contributed by atoms with van der Waals surface area (Å²) in [4.78, 5) is 19.0. The minimum absolute atomic E-state index is 0.0121. The van der Waals surface area contributed by atoms with Crippen LogP contribution in [0.3, 0.4) is 0 Å². The van der Waals surface area contributed by atoms with E-state index in [0.717, 1.165) is 10.2 Å². The number of nitrogens with zero attached hydrogens (tertiary/aromatic N) is 3. The Kier molecular flexibility index (Phi) is 4.78. The van der Waals surface area contributed by atoms with Crippen molar-refractivity contribution in [3.05, 3.63) is 78.8 Å². The Morgan fingerprint density at radius 3 is 2.41 bits per heavy atom. The highest BCUT2D eigenvalue weighted by atomic mass is 32.2. The summed E-state index contributed by atoms with van der Waals surface area (Å²) in [5.41, 5.74) is 6.37. The molecule has 3 aromatic rings. The first-order valence-electron chi connectivity index (χ1n) is 7.80. The van der Waals surface area contributed by atoms with Crippen LogP contribution < -0.4 is 5.73 Å². The summed E-state index contributed by atoms with van der Waals surface area (Å²) in [7, 11) is -4.09. The van der Waals surface area contributed by atoms with Gasteiger partial charge in [-0.3, -0.25) is 0 Å². The zero-order chi connectivity index (χ0) is 19.6. The Bertz CT molecular complexity index is 1090. The van der Waals surface area contributed by atoms with Gasteiger partial charge in [0.2, 0.25) is 16.0 Å². The molecule has 2 heterocycles. The zero-order valence-corrected chi connectivity index (χ0v) is 14.9. The lowest BCUT2D eigenvalue weighted by atomic mass is 10.1.